The van der Waals surface area contributed by atoms with E-state index in [1.165, 1.54) is 0 Å². The van der Waals surface area contributed by atoms with Gasteiger partial charge in [-0.2, -0.15) is 0 Å². The predicted molar refractivity (Wildman–Crippen MR) is 32.9 cm³/mol. The summed E-state index contributed by atoms with van der Waals surface area (Å²) in [5.74, 6) is 0. The van der Waals surface area contributed by atoms with E-state index >= 15 is 0 Å². The van der Waals surface area contributed by atoms with E-state index in [1.54, 1.807) is 0 Å². The van der Waals surface area contributed by atoms with Gasteiger partial charge in [0.2, 0.25) is 0 Å². The minimum atomic E-state index is -0.529. The van der Waals surface area contributed by atoms with Crippen LogP contribution in [0.5, 0.6) is 0 Å². The summed E-state index contributed by atoms with van der Waals surface area (Å²) in [6, 6.07) is 0.161. The van der Waals surface area contributed by atoms with Crippen LogP contribution in [0, 0.1) is 0 Å². The fraction of sp³-hybridized carbons (Fsp3) is 1.00. The molecule has 0 saturated carbocycles. The van der Waals surface area contributed by atoms with Crippen molar-refractivity contribution in [1.82, 2.24) is 0 Å². The molecule has 0 aliphatic carbocycles. The molecule has 3 atom stereocenters. The first-order valence-corrected chi connectivity index (χ1v) is 3.41. The van der Waals surface area contributed by atoms with Gasteiger partial charge in [-0.3, -0.25) is 0 Å². The average molecular weight is 132 g/mol. The molecule has 1 fully saturated rings. The summed E-state index contributed by atoms with van der Waals surface area (Å²) in [5.41, 5.74) is 0. The molecule has 0 aromatic rings. The van der Waals surface area contributed by atoms with Gasteiger partial charge in [-0.15, -0.1) is 0 Å². The molecule has 9 heavy (non-hydrogen) atoms. The number of rotatable bonds is 0. The quantitative estimate of drug-likeness (QED) is 0.359. The van der Waals surface area contributed by atoms with E-state index in [-0.39, 0.29) is 6.04 Å². The number of aliphatic hydroxyl groups excluding tert-OH is 2. The number of hydrogen-bond acceptors (Lipinski definition) is 2. The summed E-state index contributed by atoms with van der Waals surface area (Å²) in [4.78, 5) is 0. The molecule has 1 aliphatic heterocycles. The molecule has 1 rings (SSSR count). The summed E-state index contributed by atoms with van der Waals surface area (Å²) >= 11 is 0. The molecule has 1 heterocycles. The van der Waals surface area contributed by atoms with Gasteiger partial charge < -0.3 is 15.5 Å². The number of hydrogen-bond donors (Lipinski definition) is 3. The van der Waals surface area contributed by atoms with Crippen LogP contribution in [0.1, 0.15) is 13.3 Å². The molecule has 3 heteroatoms. The van der Waals surface area contributed by atoms with Gasteiger partial charge in [-0.25, -0.2) is 0 Å². The van der Waals surface area contributed by atoms with Crippen molar-refractivity contribution in [2.45, 2.75) is 31.6 Å². The molecular formula is C6H14NO2+. The van der Waals surface area contributed by atoms with Crippen LogP contribution in [-0.4, -0.2) is 35.0 Å². The van der Waals surface area contributed by atoms with Gasteiger partial charge in [0.05, 0.1) is 12.6 Å². The smallest absolute Gasteiger partial charge is 0.131 e. The highest BCUT2D eigenvalue weighted by molar-refractivity contribution is 4.73. The average Bonchev–Trinajstić information content (AvgIpc) is 1.83. The highest BCUT2D eigenvalue weighted by Crippen LogP contribution is 2.03. The molecule has 0 bridgehead atoms. The van der Waals surface area contributed by atoms with Gasteiger partial charge >= 0.3 is 0 Å². The molecular weight excluding hydrogens is 118 g/mol. The monoisotopic (exact) mass is 132 g/mol. The lowest BCUT2D eigenvalue weighted by Gasteiger charge is -2.26. The number of piperidine rings is 1. The maximum Gasteiger partial charge on any atom is 0.131 e. The predicted octanol–water partition coefficient (Wildman–Crippen LogP) is -1.94. The molecule has 0 spiro atoms. The Kier molecular flexibility index (Phi) is 2.05. The van der Waals surface area contributed by atoms with Gasteiger partial charge in [-0.05, 0) is 6.92 Å². The highest BCUT2D eigenvalue weighted by atomic mass is 16.3. The van der Waals surface area contributed by atoms with Crippen molar-refractivity contribution in [2.24, 2.45) is 0 Å². The fourth-order valence-corrected chi connectivity index (χ4v) is 1.19. The number of nitrogens with two attached hydrogens (primary N) is 1. The van der Waals surface area contributed by atoms with Gasteiger partial charge in [0, 0.05) is 6.42 Å². The molecule has 54 valence electrons. The molecule has 0 aromatic heterocycles. The summed E-state index contributed by atoms with van der Waals surface area (Å²) < 4.78 is 0. The molecule has 4 N–H and O–H groups in total. The third-order valence-corrected chi connectivity index (χ3v) is 1.93. The van der Waals surface area contributed by atoms with Crippen molar-refractivity contribution in [3.63, 3.8) is 0 Å². The second-order valence-corrected chi connectivity index (χ2v) is 2.73. The van der Waals surface area contributed by atoms with E-state index in [9.17, 15) is 0 Å². The number of quaternary nitrogens is 1. The van der Waals surface area contributed by atoms with E-state index < -0.39 is 12.2 Å². The topological polar surface area (TPSA) is 57.1 Å². The Labute approximate surface area is 54.7 Å². The Bertz CT molecular complexity index is 87.1. The van der Waals surface area contributed by atoms with Crippen molar-refractivity contribution < 1.29 is 15.5 Å². The van der Waals surface area contributed by atoms with Gasteiger partial charge in [0.1, 0.15) is 12.1 Å². The van der Waals surface area contributed by atoms with Crippen LogP contribution in [0.2, 0.25) is 0 Å². The molecule has 0 amide bonds. The summed E-state index contributed by atoms with van der Waals surface area (Å²) in [7, 11) is 0. The van der Waals surface area contributed by atoms with E-state index in [4.69, 9.17) is 10.2 Å². The third kappa shape index (κ3) is 1.41. The largest absolute Gasteiger partial charge is 0.390 e. The van der Waals surface area contributed by atoms with E-state index in [0.29, 0.717) is 6.42 Å². The standard InChI is InChI=1S/C6H13NO2/c1-4-6(9)5(8)2-3-7-4/h4-9H,2-3H2,1H3/p+1/t4?,5-,6+/m0/s1. The van der Waals surface area contributed by atoms with Gasteiger partial charge in [0.25, 0.3) is 0 Å². The van der Waals surface area contributed by atoms with Crippen molar-refractivity contribution in [1.29, 1.82) is 0 Å². The SMILES string of the molecule is CC1[NH2+]CC[C@H](O)[C@@H]1O. The Morgan fingerprint density at radius 2 is 2.11 bits per heavy atom. The first kappa shape index (κ1) is 6.99. The Morgan fingerprint density at radius 1 is 1.44 bits per heavy atom. The van der Waals surface area contributed by atoms with E-state index in [2.05, 4.69) is 5.32 Å². The van der Waals surface area contributed by atoms with E-state index in [0.717, 1.165) is 6.54 Å². The second kappa shape index (κ2) is 2.64. The fourth-order valence-electron chi connectivity index (χ4n) is 1.19. The van der Waals surface area contributed by atoms with Crippen LogP contribution in [0.25, 0.3) is 0 Å². The maximum absolute atomic E-state index is 9.16. The Hall–Kier alpha value is -0.120. The lowest BCUT2D eigenvalue weighted by molar-refractivity contribution is -0.705. The van der Waals surface area contributed by atoms with E-state index in [1.807, 2.05) is 6.92 Å². The lowest BCUT2D eigenvalue weighted by Crippen LogP contribution is -2.94. The Balaban J connectivity index is 2.41. The van der Waals surface area contributed by atoms with Gasteiger partial charge in [0.15, 0.2) is 0 Å². The van der Waals surface area contributed by atoms with Crippen molar-refractivity contribution in [3.05, 3.63) is 0 Å². The van der Waals surface area contributed by atoms with Crippen molar-refractivity contribution >= 4 is 0 Å². The Morgan fingerprint density at radius 3 is 2.56 bits per heavy atom. The van der Waals surface area contributed by atoms with Crippen molar-refractivity contribution in [2.75, 3.05) is 6.54 Å². The minimum Gasteiger partial charge on any atom is -0.390 e. The minimum absolute atomic E-state index is 0.161. The molecule has 0 aromatic carbocycles. The van der Waals surface area contributed by atoms with Crippen LogP contribution in [-0.2, 0) is 0 Å². The van der Waals surface area contributed by atoms with Crippen LogP contribution in [0.3, 0.4) is 0 Å². The maximum atomic E-state index is 9.16. The second-order valence-electron chi connectivity index (χ2n) is 2.73. The van der Waals surface area contributed by atoms with Crippen LogP contribution in [0.15, 0.2) is 0 Å². The summed E-state index contributed by atoms with van der Waals surface area (Å²) in [5, 5.41) is 20.3. The molecule has 1 unspecified atom stereocenters. The zero-order valence-electron chi connectivity index (χ0n) is 5.62. The van der Waals surface area contributed by atoms with Gasteiger partial charge in [-0.1, -0.05) is 0 Å². The first-order chi connectivity index (χ1) is 4.22. The van der Waals surface area contributed by atoms with Crippen LogP contribution < -0.4 is 5.32 Å². The van der Waals surface area contributed by atoms with Crippen LogP contribution >= 0.6 is 0 Å². The highest BCUT2D eigenvalue weighted by Gasteiger charge is 2.29. The van der Waals surface area contributed by atoms with Crippen molar-refractivity contribution in [3.8, 4) is 0 Å². The first-order valence-electron chi connectivity index (χ1n) is 3.41. The molecule has 0 radical (unpaired) electrons. The zero-order chi connectivity index (χ0) is 6.85. The lowest BCUT2D eigenvalue weighted by atomic mass is 10.0. The third-order valence-electron chi connectivity index (χ3n) is 1.93. The number of aliphatic hydroxyl groups is 2. The summed E-state index contributed by atoms with van der Waals surface area (Å²) in [6.45, 7) is 2.85. The zero-order valence-corrected chi connectivity index (χ0v) is 5.62. The molecule has 1 aliphatic rings. The normalized spacial score (nSPS) is 45.0. The summed E-state index contributed by atoms with van der Waals surface area (Å²) in [6.07, 6.45) is -0.311. The molecule has 1 saturated heterocycles. The molecule has 3 nitrogen and oxygen atoms in total. The van der Waals surface area contributed by atoms with Crippen LogP contribution in [0.4, 0.5) is 0 Å².